The standard InChI is InChI=1S/C13H18N2O4S/c1-11-9-13(4-3-12(11)10-14)20(17,18)15-5-2-7-19-8-6-16/h3-4,9,15-16H,2,5-8H2,1H3. The number of aliphatic hydroxyl groups is 1. The van der Waals surface area contributed by atoms with E-state index in [1.54, 1.807) is 6.92 Å². The second-order valence-corrected chi connectivity index (χ2v) is 5.94. The molecule has 0 amide bonds. The number of nitrogens with one attached hydrogen (secondary N) is 1. The molecule has 6 nitrogen and oxygen atoms in total. The Morgan fingerprint density at radius 3 is 2.75 bits per heavy atom. The first-order valence-electron chi connectivity index (χ1n) is 6.20. The summed E-state index contributed by atoms with van der Waals surface area (Å²) in [4.78, 5) is 0.144. The summed E-state index contributed by atoms with van der Waals surface area (Å²) >= 11 is 0. The average Bonchev–Trinajstić information content (AvgIpc) is 2.42. The van der Waals surface area contributed by atoms with Crippen molar-refractivity contribution >= 4 is 10.0 Å². The van der Waals surface area contributed by atoms with Crippen LogP contribution in [0.5, 0.6) is 0 Å². The molecule has 0 spiro atoms. The number of ether oxygens (including phenoxy) is 1. The minimum absolute atomic E-state index is 0.0454. The maximum absolute atomic E-state index is 12.0. The summed E-state index contributed by atoms with van der Waals surface area (Å²) in [6, 6.07) is 6.38. The number of hydrogen-bond donors (Lipinski definition) is 2. The van der Waals surface area contributed by atoms with Gasteiger partial charge in [-0.25, -0.2) is 13.1 Å². The molecule has 0 atom stereocenters. The maximum Gasteiger partial charge on any atom is 0.240 e. The highest BCUT2D eigenvalue weighted by Gasteiger charge is 2.14. The number of benzene rings is 1. The molecule has 110 valence electrons. The first-order valence-corrected chi connectivity index (χ1v) is 7.68. The number of nitrogens with zero attached hydrogens (tertiary/aromatic N) is 1. The Hall–Kier alpha value is -1.46. The van der Waals surface area contributed by atoms with E-state index >= 15 is 0 Å². The lowest BCUT2D eigenvalue weighted by Crippen LogP contribution is -2.25. The van der Waals surface area contributed by atoms with Crippen LogP contribution >= 0.6 is 0 Å². The van der Waals surface area contributed by atoms with Gasteiger partial charge < -0.3 is 9.84 Å². The molecule has 1 aromatic carbocycles. The Kier molecular flexibility index (Phi) is 6.61. The molecule has 0 heterocycles. The quantitative estimate of drug-likeness (QED) is 0.683. The smallest absolute Gasteiger partial charge is 0.240 e. The van der Waals surface area contributed by atoms with Gasteiger partial charge in [0, 0.05) is 13.2 Å². The van der Waals surface area contributed by atoms with Gasteiger partial charge in [0.05, 0.1) is 29.7 Å². The molecule has 20 heavy (non-hydrogen) atoms. The number of aliphatic hydroxyl groups excluding tert-OH is 1. The molecule has 2 N–H and O–H groups in total. The third-order valence-corrected chi connectivity index (χ3v) is 4.08. The monoisotopic (exact) mass is 298 g/mol. The number of rotatable bonds is 8. The molecule has 0 aromatic heterocycles. The third-order valence-electron chi connectivity index (χ3n) is 2.62. The lowest BCUT2D eigenvalue weighted by atomic mass is 10.1. The van der Waals surface area contributed by atoms with Crippen molar-refractivity contribution in [2.75, 3.05) is 26.4 Å². The third kappa shape index (κ3) is 4.90. The topological polar surface area (TPSA) is 99.4 Å². The van der Waals surface area contributed by atoms with Gasteiger partial charge in [0.2, 0.25) is 10.0 Å². The molecule has 0 saturated heterocycles. The fraction of sp³-hybridized carbons (Fsp3) is 0.462. The van der Waals surface area contributed by atoms with Crippen LogP contribution in [-0.4, -0.2) is 39.9 Å². The van der Waals surface area contributed by atoms with E-state index in [2.05, 4.69) is 4.72 Å². The predicted octanol–water partition coefficient (Wildman–Crippen LogP) is 0.544. The van der Waals surface area contributed by atoms with Crippen LogP contribution in [0.4, 0.5) is 0 Å². The highest BCUT2D eigenvalue weighted by atomic mass is 32.2. The highest BCUT2D eigenvalue weighted by molar-refractivity contribution is 7.89. The molecule has 1 rings (SSSR count). The van der Waals surface area contributed by atoms with Gasteiger partial charge in [0.25, 0.3) is 0 Å². The molecule has 1 aromatic rings. The predicted molar refractivity (Wildman–Crippen MR) is 73.6 cm³/mol. The Morgan fingerprint density at radius 1 is 1.40 bits per heavy atom. The van der Waals surface area contributed by atoms with Gasteiger partial charge in [0.1, 0.15) is 0 Å². The molecule has 0 unspecified atom stereocenters. The minimum atomic E-state index is -3.56. The van der Waals surface area contributed by atoms with Gasteiger partial charge >= 0.3 is 0 Å². The van der Waals surface area contributed by atoms with Gasteiger partial charge in [-0.1, -0.05) is 0 Å². The number of hydrogen-bond acceptors (Lipinski definition) is 5. The van der Waals surface area contributed by atoms with Crippen molar-refractivity contribution in [1.82, 2.24) is 4.72 Å². The summed E-state index contributed by atoms with van der Waals surface area (Å²) < 4.78 is 31.5. The first kappa shape index (κ1) is 16.6. The van der Waals surface area contributed by atoms with Crippen LogP contribution in [-0.2, 0) is 14.8 Å². The summed E-state index contributed by atoms with van der Waals surface area (Å²) in [5.74, 6) is 0. The van der Waals surface area contributed by atoms with E-state index < -0.39 is 10.0 Å². The number of aryl methyl sites for hydroxylation is 1. The first-order chi connectivity index (χ1) is 9.51. The Balaban J connectivity index is 2.57. The largest absolute Gasteiger partial charge is 0.394 e. The normalized spacial score (nSPS) is 11.2. The van der Waals surface area contributed by atoms with Crippen LogP contribution in [0.2, 0.25) is 0 Å². The molecule has 0 bridgehead atoms. The van der Waals surface area contributed by atoms with E-state index in [1.165, 1.54) is 18.2 Å². The van der Waals surface area contributed by atoms with Crippen LogP contribution < -0.4 is 4.72 Å². The summed E-state index contributed by atoms with van der Waals surface area (Å²) in [6.45, 7) is 2.54. The van der Waals surface area contributed by atoms with Crippen molar-refractivity contribution in [2.24, 2.45) is 0 Å². The van der Waals surface area contributed by atoms with E-state index in [0.717, 1.165) is 0 Å². The Labute approximate surface area is 119 Å². The molecule has 0 aliphatic rings. The minimum Gasteiger partial charge on any atom is -0.394 e. The van der Waals surface area contributed by atoms with E-state index in [0.29, 0.717) is 24.2 Å². The van der Waals surface area contributed by atoms with Crippen LogP contribution in [0.25, 0.3) is 0 Å². The van der Waals surface area contributed by atoms with Gasteiger partial charge in [-0.3, -0.25) is 0 Å². The zero-order chi connectivity index (χ0) is 15.0. The fourth-order valence-corrected chi connectivity index (χ4v) is 2.72. The fourth-order valence-electron chi connectivity index (χ4n) is 1.56. The SMILES string of the molecule is Cc1cc(S(=O)(=O)NCCCOCCO)ccc1C#N. The van der Waals surface area contributed by atoms with Crippen LogP contribution in [0.15, 0.2) is 23.1 Å². The average molecular weight is 298 g/mol. The molecule has 0 fully saturated rings. The molecule has 0 saturated carbocycles. The van der Waals surface area contributed by atoms with E-state index in [1.807, 2.05) is 6.07 Å². The number of sulfonamides is 1. The van der Waals surface area contributed by atoms with Crippen molar-refractivity contribution in [3.05, 3.63) is 29.3 Å². The molecule has 0 radical (unpaired) electrons. The summed E-state index contributed by atoms with van der Waals surface area (Å²) in [5.41, 5.74) is 1.09. The highest BCUT2D eigenvalue weighted by Crippen LogP contribution is 2.14. The van der Waals surface area contributed by atoms with E-state index in [-0.39, 0.29) is 24.7 Å². The van der Waals surface area contributed by atoms with E-state index in [9.17, 15) is 8.42 Å². The van der Waals surface area contributed by atoms with Crippen LogP contribution in [0.3, 0.4) is 0 Å². The lowest BCUT2D eigenvalue weighted by Gasteiger charge is -2.08. The van der Waals surface area contributed by atoms with Crippen molar-refractivity contribution in [3.63, 3.8) is 0 Å². The van der Waals surface area contributed by atoms with Crippen molar-refractivity contribution in [2.45, 2.75) is 18.2 Å². The molecule has 7 heteroatoms. The summed E-state index contributed by atoms with van der Waals surface area (Å²) in [7, 11) is -3.56. The van der Waals surface area contributed by atoms with Crippen molar-refractivity contribution < 1.29 is 18.3 Å². The number of nitriles is 1. The second kappa shape index (κ2) is 7.97. The zero-order valence-electron chi connectivity index (χ0n) is 11.3. The Morgan fingerprint density at radius 2 is 2.15 bits per heavy atom. The zero-order valence-corrected chi connectivity index (χ0v) is 12.1. The molecule has 0 aliphatic carbocycles. The van der Waals surface area contributed by atoms with Crippen LogP contribution in [0, 0.1) is 18.3 Å². The van der Waals surface area contributed by atoms with Crippen molar-refractivity contribution in [3.8, 4) is 6.07 Å². The van der Waals surface area contributed by atoms with Crippen molar-refractivity contribution in [1.29, 1.82) is 5.26 Å². The van der Waals surface area contributed by atoms with Gasteiger partial charge in [-0.15, -0.1) is 0 Å². The van der Waals surface area contributed by atoms with Crippen LogP contribution in [0.1, 0.15) is 17.5 Å². The van der Waals surface area contributed by atoms with Gasteiger partial charge in [-0.05, 0) is 37.1 Å². The summed E-state index contributed by atoms with van der Waals surface area (Å²) in [5, 5.41) is 17.3. The Bertz CT molecular complexity index is 579. The van der Waals surface area contributed by atoms with Gasteiger partial charge in [0.15, 0.2) is 0 Å². The lowest BCUT2D eigenvalue weighted by molar-refractivity contribution is 0.0913. The second-order valence-electron chi connectivity index (χ2n) is 4.18. The van der Waals surface area contributed by atoms with Gasteiger partial charge in [-0.2, -0.15) is 5.26 Å². The van der Waals surface area contributed by atoms with E-state index in [4.69, 9.17) is 15.1 Å². The summed E-state index contributed by atoms with van der Waals surface area (Å²) in [6.07, 6.45) is 0.522. The molecular weight excluding hydrogens is 280 g/mol. The molecular formula is C13H18N2O4S. The maximum atomic E-state index is 12.0. The molecule has 0 aliphatic heterocycles.